The van der Waals surface area contributed by atoms with Crippen molar-refractivity contribution in [1.29, 1.82) is 0 Å². The summed E-state index contributed by atoms with van der Waals surface area (Å²) in [6.45, 7) is 4.63. The summed E-state index contributed by atoms with van der Waals surface area (Å²) in [5.74, 6) is -0.882. The number of nitrogens with zero attached hydrogens (tertiary/aromatic N) is 2. The zero-order valence-corrected chi connectivity index (χ0v) is 25.1. The van der Waals surface area contributed by atoms with Crippen LogP contribution in [0, 0.1) is 13.8 Å². The van der Waals surface area contributed by atoms with Crippen molar-refractivity contribution in [2.75, 3.05) is 33.3 Å². The number of aliphatic hydroxyl groups is 1. The number of Topliss-reactive ketones (excluding diaryl/α,β-unsaturated/α-hetero) is 1. The summed E-state index contributed by atoms with van der Waals surface area (Å²) in [5, 5.41) is 23.2. The lowest BCUT2D eigenvalue weighted by Gasteiger charge is -2.61. The van der Waals surface area contributed by atoms with Crippen molar-refractivity contribution in [2.24, 2.45) is 0 Å². The van der Waals surface area contributed by atoms with Crippen molar-refractivity contribution >= 4 is 29.5 Å². The molecule has 43 heavy (non-hydrogen) atoms. The molecule has 4 bridgehead atoms. The van der Waals surface area contributed by atoms with Crippen LogP contribution in [0.3, 0.4) is 0 Å². The molecule has 228 valence electrons. The van der Waals surface area contributed by atoms with Crippen LogP contribution < -0.4 is 18.9 Å². The van der Waals surface area contributed by atoms with Crippen molar-refractivity contribution in [1.82, 2.24) is 9.80 Å². The highest BCUT2D eigenvalue weighted by atomic mass is 32.2. The lowest BCUT2D eigenvalue weighted by Crippen LogP contribution is -2.69. The number of aryl methyl sites for hydroxylation is 1. The molecule has 7 rings (SSSR count). The number of phenolic OH excluding ortho intramolecular Hbond substituents is 1. The molecule has 2 aromatic carbocycles. The van der Waals surface area contributed by atoms with E-state index in [4.69, 9.17) is 23.7 Å². The Morgan fingerprint density at radius 1 is 1.09 bits per heavy atom. The first-order chi connectivity index (χ1) is 20.5. The maximum atomic E-state index is 12.9. The molecule has 5 aliphatic rings. The summed E-state index contributed by atoms with van der Waals surface area (Å²) in [4.78, 5) is 42.0. The van der Waals surface area contributed by atoms with Gasteiger partial charge in [0.05, 0.1) is 36.2 Å². The molecule has 0 radical (unpaired) electrons. The third kappa shape index (κ3) is 3.91. The fourth-order valence-electron chi connectivity index (χ4n) is 7.71. The molecule has 0 aromatic heterocycles. The number of hydrogen-bond acceptors (Lipinski definition) is 13. The number of piperazine rings is 1. The van der Waals surface area contributed by atoms with Crippen LogP contribution in [0.4, 0.5) is 0 Å². The molecular formula is C30H32N2O10S. The Bertz CT molecular complexity index is 1590. The minimum atomic E-state index is -1.03. The van der Waals surface area contributed by atoms with Gasteiger partial charge >= 0.3 is 11.9 Å². The fraction of sp³-hybridized carbons (Fsp3) is 0.500. The molecule has 0 aliphatic carbocycles. The first-order valence-corrected chi connectivity index (χ1v) is 15.1. The fourth-order valence-corrected chi connectivity index (χ4v) is 9.04. The lowest BCUT2D eigenvalue weighted by molar-refractivity contribution is -0.184. The average Bonchev–Trinajstić information content (AvgIpc) is 3.45. The number of fused-ring (bicyclic) bond motifs is 9. The minimum absolute atomic E-state index is 0.0203. The molecule has 5 heterocycles. The van der Waals surface area contributed by atoms with Crippen LogP contribution in [0.2, 0.25) is 0 Å². The number of aromatic hydroxyl groups is 1. The predicted octanol–water partition coefficient (Wildman–Crippen LogP) is 2.23. The second-order valence-corrected chi connectivity index (χ2v) is 12.7. The number of likely N-dealkylation sites (N-methyl/N-ethyl adjacent to an activating group) is 1. The molecular weight excluding hydrogens is 580 g/mol. The van der Waals surface area contributed by atoms with E-state index >= 15 is 0 Å². The largest absolute Gasteiger partial charge is 0.504 e. The highest BCUT2D eigenvalue weighted by Crippen LogP contribution is 2.63. The summed E-state index contributed by atoms with van der Waals surface area (Å²) < 4.78 is 28.9. The van der Waals surface area contributed by atoms with E-state index in [2.05, 4.69) is 4.90 Å². The first-order valence-electron chi connectivity index (χ1n) is 14.1. The van der Waals surface area contributed by atoms with Crippen molar-refractivity contribution in [3.05, 3.63) is 39.4 Å². The Morgan fingerprint density at radius 3 is 2.56 bits per heavy atom. The van der Waals surface area contributed by atoms with Gasteiger partial charge in [0.2, 0.25) is 12.6 Å². The van der Waals surface area contributed by atoms with E-state index in [9.17, 15) is 24.6 Å². The highest BCUT2D eigenvalue weighted by molar-refractivity contribution is 8.00. The van der Waals surface area contributed by atoms with Gasteiger partial charge in [-0.1, -0.05) is 6.07 Å². The van der Waals surface area contributed by atoms with Crippen LogP contribution in [-0.2, 0) is 25.5 Å². The van der Waals surface area contributed by atoms with Crippen LogP contribution in [-0.4, -0.2) is 89.4 Å². The molecule has 5 aliphatic heterocycles. The van der Waals surface area contributed by atoms with Crippen molar-refractivity contribution in [3.63, 3.8) is 0 Å². The Kier molecular flexibility index (Phi) is 6.58. The number of ether oxygens (including phenoxy) is 5. The van der Waals surface area contributed by atoms with Crippen LogP contribution >= 0.6 is 11.8 Å². The number of benzene rings is 2. The Hall–Kier alpha value is -3.52. The van der Waals surface area contributed by atoms with Gasteiger partial charge in [0.25, 0.3) is 0 Å². The lowest BCUT2D eigenvalue weighted by atomic mass is 9.73. The van der Waals surface area contributed by atoms with E-state index in [0.717, 1.165) is 11.1 Å². The molecule has 13 heteroatoms. The maximum absolute atomic E-state index is 12.9. The molecule has 2 aromatic rings. The maximum Gasteiger partial charge on any atom is 0.375 e. The number of esters is 2. The predicted molar refractivity (Wildman–Crippen MR) is 152 cm³/mol. The van der Waals surface area contributed by atoms with Crippen LogP contribution in [0.5, 0.6) is 28.7 Å². The summed E-state index contributed by atoms with van der Waals surface area (Å²) in [5.41, 5.74) is 4.10. The van der Waals surface area contributed by atoms with Crippen LogP contribution in [0.25, 0.3) is 0 Å². The van der Waals surface area contributed by atoms with Gasteiger partial charge in [-0.2, -0.15) is 0 Å². The van der Waals surface area contributed by atoms with Gasteiger partial charge in [0.15, 0.2) is 23.0 Å². The summed E-state index contributed by atoms with van der Waals surface area (Å²) in [6.07, 6.45) is -0.582. The van der Waals surface area contributed by atoms with Gasteiger partial charge < -0.3 is 33.9 Å². The van der Waals surface area contributed by atoms with Gasteiger partial charge in [-0.3, -0.25) is 19.4 Å². The Morgan fingerprint density at radius 2 is 1.84 bits per heavy atom. The van der Waals surface area contributed by atoms with E-state index in [1.807, 2.05) is 24.9 Å². The SMILES string of the molecule is COc1c(C)cc2c(c1O)C1C3[C@@H]4SCC(=O)C(=O)OC[C@H](c5c6c(c(C)c(OC(C)=O)c54)OCO6)N3[C@@H](O)[C@H](C2)N1C. The van der Waals surface area contributed by atoms with Crippen molar-refractivity contribution in [2.45, 2.75) is 62.8 Å². The van der Waals surface area contributed by atoms with E-state index in [0.29, 0.717) is 45.9 Å². The number of carbonyl (C=O) groups excluding carboxylic acids is 3. The standard InChI is InChI=1S/C30H32N2O10S/c1-11-6-14-7-15-29(36)32-16-8-39-30(37)17(34)9-43-28(22(32)21(31(15)4)18(14)23(35)24(11)38-5)20-19(16)27-26(40-10-41-27)12(2)25(20)42-13(3)33/h6,15-16,21-22,28-29,35-36H,7-10H2,1-5H3/t15-,16+,21?,22?,28+,29-/m0/s1. The molecule has 0 spiro atoms. The van der Waals surface area contributed by atoms with Gasteiger partial charge in [0, 0.05) is 35.2 Å². The second-order valence-electron chi connectivity index (χ2n) is 11.6. The molecule has 12 nitrogen and oxygen atoms in total. The summed E-state index contributed by atoms with van der Waals surface area (Å²) in [6, 6.07) is -0.238. The second kappa shape index (κ2) is 10.0. The summed E-state index contributed by atoms with van der Waals surface area (Å²) >= 11 is 1.21. The Balaban J connectivity index is 1.55. The number of ketones is 1. The van der Waals surface area contributed by atoms with Crippen molar-refractivity contribution < 1.29 is 48.3 Å². The molecule has 0 amide bonds. The van der Waals surface area contributed by atoms with Crippen LogP contribution in [0.15, 0.2) is 6.07 Å². The number of phenols is 1. The number of hydrogen-bond donors (Lipinski definition) is 2. The number of carbonyl (C=O) groups is 3. The smallest absolute Gasteiger partial charge is 0.375 e. The average molecular weight is 613 g/mol. The first kappa shape index (κ1) is 28.3. The minimum Gasteiger partial charge on any atom is -0.504 e. The monoisotopic (exact) mass is 612 g/mol. The topological polar surface area (TPSA) is 144 Å². The third-order valence-electron chi connectivity index (χ3n) is 9.37. The number of cyclic esters (lactones) is 1. The van der Waals surface area contributed by atoms with Crippen LogP contribution in [0.1, 0.15) is 57.6 Å². The van der Waals surface area contributed by atoms with Gasteiger partial charge in [-0.25, -0.2) is 4.79 Å². The molecule has 2 N–H and O–H groups in total. The van der Waals surface area contributed by atoms with E-state index < -0.39 is 47.3 Å². The number of aliphatic hydroxyl groups excluding tert-OH is 1. The normalized spacial score (nSPS) is 29.3. The number of methoxy groups -OCH3 is 1. The third-order valence-corrected chi connectivity index (χ3v) is 10.7. The Labute approximate surface area is 251 Å². The highest BCUT2D eigenvalue weighted by Gasteiger charge is 2.60. The summed E-state index contributed by atoms with van der Waals surface area (Å²) in [7, 11) is 3.42. The molecule has 0 saturated carbocycles. The zero-order chi connectivity index (χ0) is 30.5. The van der Waals surface area contributed by atoms with Gasteiger partial charge in [-0.05, 0) is 38.4 Å². The van der Waals surface area contributed by atoms with Gasteiger partial charge in [0.1, 0.15) is 18.6 Å². The van der Waals surface area contributed by atoms with E-state index in [1.165, 1.54) is 25.8 Å². The molecule has 2 saturated heterocycles. The molecule has 2 unspecified atom stereocenters. The zero-order valence-electron chi connectivity index (χ0n) is 24.3. The number of thioether (sulfide) groups is 1. The van der Waals surface area contributed by atoms with Gasteiger partial charge in [-0.15, -0.1) is 11.8 Å². The molecule has 2 fully saturated rings. The molecule has 6 atom stereocenters. The van der Waals surface area contributed by atoms with E-state index in [1.54, 1.807) is 6.92 Å². The van der Waals surface area contributed by atoms with E-state index in [-0.39, 0.29) is 36.7 Å². The van der Waals surface area contributed by atoms with Crippen molar-refractivity contribution in [3.8, 4) is 28.7 Å². The number of rotatable bonds is 2. The quantitative estimate of drug-likeness (QED) is 0.291.